The zero-order chi connectivity index (χ0) is 12.3. The number of alkyl halides is 1. The first-order chi connectivity index (χ1) is 8.33. The number of unbranched alkanes of at least 4 members (excludes halogenated alkanes) is 3. The lowest BCUT2D eigenvalue weighted by Crippen LogP contribution is -2.25. The molecule has 0 aromatic rings. The molecule has 0 radical (unpaired) electrons. The Morgan fingerprint density at radius 1 is 1.29 bits per heavy atom. The van der Waals surface area contributed by atoms with Gasteiger partial charge in [-0.05, 0) is 32.1 Å². The van der Waals surface area contributed by atoms with Gasteiger partial charge >= 0.3 is 0 Å². The van der Waals surface area contributed by atoms with E-state index in [1.807, 2.05) is 0 Å². The summed E-state index contributed by atoms with van der Waals surface area (Å²) in [6.45, 7) is 1.70. The minimum atomic E-state index is 0.181. The summed E-state index contributed by atoms with van der Waals surface area (Å²) in [6.07, 6.45) is 8.89. The highest BCUT2D eigenvalue weighted by Crippen LogP contribution is 2.16. The van der Waals surface area contributed by atoms with Crippen molar-refractivity contribution in [3.63, 3.8) is 0 Å². The van der Waals surface area contributed by atoms with E-state index in [1.165, 1.54) is 19.3 Å². The summed E-state index contributed by atoms with van der Waals surface area (Å²) in [4.78, 5) is 11.5. The summed E-state index contributed by atoms with van der Waals surface area (Å²) in [6, 6.07) is 0. The third-order valence-electron chi connectivity index (χ3n) is 3.10. The molecule has 1 aliphatic rings. The standard InChI is InChI=1S/C13H24BrNO2/c14-9-3-1-2-4-10-15-13(16)8-7-12-6-5-11-17-12/h12H,1-11H2,(H,15,16). The molecule has 1 N–H and O–H groups in total. The van der Waals surface area contributed by atoms with Crippen LogP contribution in [0.25, 0.3) is 0 Å². The minimum Gasteiger partial charge on any atom is -0.378 e. The number of carbonyl (C=O) groups is 1. The maximum atomic E-state index is 11.5. The van der Waals surface area contributed by atoms with Crippen molar-refractivity contribution in [2.75, 3.05) is 18.5 Å². The molecule has 0 aromatic carbocycles. The zero-order valence-electron chi connectivity index (χ0n) is 10.5. The third kappa shape index (κ3) is 7.77. The van der Waals surface area contributed by atoms with Crippen molar-refractivity contribution in [3.05, 3.63) is 0 Å². The number of ether oxygens (including phenoxy) is 1. The Labute approximate surface area is 113 Å². The lowest BCUT2D eigenvalue weighted by Gasteiger charge is -2.09. The highest BCUT2D eigenvalue weighted by Gasteiger charge is 2.16. The Hall–Kier alpha value is -0.0900. The molecule has 17 heavy (non-hydrogen) atoms. The first-order valence-corrected chi connectivity index (χ1v) is 7.89. The molecule has 1 atom stereocenters. The van der Waals surface area contributed by atoms with Crippen molar-refractivity contribution >= 4 is 21.8 Å². The van der Waals surface area contributed by atoms with Gasteiger partial charge in [-0.3, -0.25) is 4.79 Å². The van der Waals surface area contributed by atoms with Gasteiger partial charge in [-0.15, -0.1) is 0 Å². The highest BCUT2D eigenvalue weighted by molar-refractivity contribution is 9.09. The molecule has 1 unspecified atom stereocenters. The molecule has 0 spiro atoms. The zero-order valence-corrected chi connectivity index (χ0v) is 12.1. The fraction of sp³-hybridized carbons (Fsp3) is 0.923. The van der Waals surface area contributed by atoms with Crippen LogP contribution in [0.15, 0.2) is 0 Å². The second kappa shape index (κ2) is 9.89. The third-order valence-corrected chi connectivity index (χ3v) is 3.66. The largest absolute Gasteiger partial charge is 0.378 e. The Bertz CT molecular complexity index is 206. The molecule has 0 saturated carbocycles. The number of carbonyl (C=O) groups excluding carboxylic acids is 1. The normalized spacial score (nSPS) is 19.5. The molecular formula is C13H24BrNO2. The van der Waals surface area contributed by atoms with E-state index in [4.69, 9.17) is 4.74 Å². The SMILES string of the molecule is O=C(CCC1CCCO1)NCCCCCCBr. The first kappa shape index (κ1) is 15.0. The number of hydrogen-bond acceptors (Lipinski definition) is 2. The van der Waals surface area contributed by atoms with Gasteiger partial charge in [0.1, 0.15) is 0 Å². The van der Waals surface area contributed by atoms with Crippen molar-refractivity contribution in [1.29, 1.82) is 0 Å². The van der Waals surface area contributed by atoms with Crippen LogP contribution in [0.5, 0.6) is 0 Å². The second-order valence-corrected chi connectivity index (χ2v) is 5.42. The molecule has 3 nitrogen and oxygen atoms in total. The predicted octanol–water partition coefficient (Wildman–Crippen LogP) is 3.02. The fourth-order valence-electron chi connectivity index (χ4n) is 2.05. The summed E-state index contributed by atoms with van der Waals surface area (Å²) >= 11 is 3.41. The van der Waals surface area contributed by atoms with Crippen LogP contribution in [0.4, 0.5) is 0 Å². The molecule has 4 heteroatoms. The summed E-state index contributed by atoms with van der Waals surface area (Å²) in [5, 5.41) is 4.06. The smallest absolute Gasteiger partial charge is 0.220 e. The Balaban J connectivity index is 1.87. The highest BCUT2D eigenvalue weighted by atomic mass is 79.9. The monoisotopic (exact) mass is 305 g/mol. The topological polar surface area (TPSA) is 38.3 Å². The summed E-state index contributed by atoms with van der Waals surface area (Å²) in [5.41, 5.74) is 0. The van der Waals surface area contributed by atoms with Crippen molar-refractivity contribution in [2.45, 2.75) is 57.5 Å². The van der Waals surface area contributed by atoms with Crippen molar-refractivity contribution < 1.29 is 9.53 Å². The fourth-order valence-corrected chi connectivity index (χ4v) is 2.45. The molecule has 1 saturated heterocycles. The van der Waals surface area contributed by atoms with Crippen LogP contribution in [0.3, 0.4) is 0 Å². The number of hydrogen-bond donors (Lipinski definition) is 1. The molecule has 1 fully saturated rings. The van der Waals surface area contributed by atoms with Crippen LogP contribution in [0.2, 0.25) is 0 Å². The van der Waals surface area contributed by atoms with E-state index < -0.39 is 0 Å². The minimum absolute atomic E-state index is 0.181. The second-order valence-electron chi connectivity index (χ2n) is 4.63. The molecule has 1 aliphatic heterocycles. The Morgan fingerprint density at radius 2 is 2.12 bits per heavy atom. The number of halogens is 1. The van der Waals surface area contributed by atoms with Gasteiger partial charge in [-0.25, -0.2) is 0 Å². The number of rotatable bonds is 9. The quantitative estimate of drug-likeness (QED) is 0.525. The number of amides is 1. The van der Waals surface area contributed by atoms with E-state index in [2.05, 4.69) is 21.2 Å². The van der Waals surface area contributed by atoms with Crippen molar-refractivity contribution in [1.82, 2.24) is 5.32 Å². The lowest BCUT2D eigenvalue weighted by molar-refractivity contribution is -0.121. The van der Waals surface area contributed by atoms with Crippen molar-refractivity contribution in [3.8, 4) is 0 Å². The lowest BCUT2D eigenvalue weighted by atomic mass is 10.1. The van der Waals surface area contributed by atoms with Crippen molar-refractivity contribution in [2.24, 2.45) is 0 Å². The maximum Gasteiger partial charge on any atom is 0.220 e. The van der Waals surface area contributed by atoms with Gasteiger partial charge in [0, 0.05) is 24.9 Å². The van der Waals surface area contributed by atoms with Gasteiger partial charge < -0.3 is 10.1 Å². The van der Waals surface area contributed by atoms with E-state index in [9.17, 15) is 4.79 Å². The summed E-state index contributed by atoms with van der Waals surface area (Å²) < 4.78 is 5.49. The van der Waals surface area contributed by atoms with E-state index in [0.717, 1.165) is 44.2 Å². The van der Waals surface area contributed by atoms with Crippen LogP contribution >= 0.6 is 15.9 Å². The maximum absolute atomic E-state index is 11.5. The van der Waals surface area contributed by atoms with Gasteiger partial charge in [0.05, 0.1) is 6.10 Å². The van der Waals surface area contributed by atoms with E-state index >= 15 is 0 Å². The van der Waals surface area contributed by atoms with Crippen LogP contribution in [0, 0.1) is 0 Å². The van der Waals surface area contributed by atoms with Crippen LogP contribution < -0.4 is 5.32 Å². The molecular weight excluding hydrogens is 282 g/mol. The molecule has 0 aromatic heterocycles. The van der Waals surface area contributed by atoms with E-state index in [-0.39, 0.29) is 5.91 Å². The van der Waals surface area contributed by atoms with E-state index in [0.29, 0.717) is 12.5 Å². The number of nitrogens with one attached hydrogen (secondary N) is 1. The van der Waals surface area contributed by atoms with E-state index in [1.54, 1.807) is 0 Å². The summed E-state index contributed by atoms with van der Waals surface area (Å²) in [5.74, 6) is 0.181. The Kier molecular flexibility index (Phi) is 8.71. The molecule has 0 bridgehead atoms. The van der Waals surface area contributed by atoms with Crippen LogP contribution in [0.1, 0.15) is 51.4 Å². The van der Waals surface area contributed by atoms with Crippen LogP contribution in [-0.4, -0.2) is 30.5 Å². The van der Waals surface area contributed by atoms with Gasteiger partial charge in [-0.1, -0.05) is 28.8 Å². The Morgan fingerprint density at radius 3 is 2.82 bits per heavy atom. The molecule has 1 heterocycles. The van der Waals surface area contributed by atoms with Gasteiger partial charge in [0.25, 0.3) is 0 Å². The average Bonchev–Trinajstić information content (AvgIpc) is 2.84. The molecule has 0 aliphatic carbocycles. The van der Waals surface area contributed by atoms with Gasteiger partial charge in [0.2, 0.25) is 5.91 Å². The predicted molar refractivity (Wildman–Crippen MR) is 73.5 cm³/mol. The van der Waals surface area contributed by atoms with Gasteiger partial charge in [-0.2, -0.15) is 0 Å². The van der Waals surface area contributed by atoms with Gasteiger partial charge in [0.15, 0.2) is 0 Å². The molecule has 1 amide bonds. The molecule has 1 rings (SSSR count). The first-order valence-electron chi connectivity index (χ1n) is 6.77. The van der Waals surface area contributed by atoms with Crippen LogP contribution in [-0.2, 0) is 9.53 Å². The molecule has 100 valence electrons. The average molecular weight is 306 g/mol. The summed E-state index contributed by atoms with van der Waals surface area (Å²) in [7, 11) is 0.